The fourth-order valence-corrected chi connectivity index (χ4v) is 5.17. The summed E-state index contributed by atoms with van der Waals surface area (Å²) in [6, 6.07) is 4.81. The molecule has 4 rings (SSSR count). The van der Waals surface area contributed by atoms with Crippen LogP contribution in [0.15, 0.2) is 24.5 Å². The van der Waals surface area contributed by atoms with E-state index >= 15 is 0 Å². The fourth-order valence-electron chi connectivity index (χ4n) is 5.17. The highest BCUT2D eigenvalue weighted by Crippen LogP contribution is 2.28. The average molecular weight is 440 g/mol. The molecule has 0 aromatic carbocycles. The fraction of sp³-hybridized carbons (Fsp3) is 0.640. The molecule has 1 saturated carbocycles. The van der Waals surface area contributed by atoms with Gasteiger partial charge in [0.2, 0.25) is 5.91 Å². The maximum atomic E-state index is 13.3. The number of rotatable bonds is 6. The van der Waals surface area contributed by atoms with Gasteiger partial charge in [-0.1, -0.05) is 19.3 Å². The summed E-state index contributed by atoms with van der Waals surface area (Å²) >= 11 is 0. The quantitative estimate of drug-likeness (QED) is 0.686. The molecule has 1 atom stereocenters. The van der Waals surface area contributed by atoms with Crippen LogP contribution in [0.1, 0.15) is 63.4 Å². The van der Waals surface area contributed by atoms with Crippen LogP contribution >= 0.6 is 0 Å². The zero-order chi connectivity index (χ0) is 22.7. The van der Waals surface area contributed by atoms with Crippen molar-refractivity contribution >= 4 is 5.91 Å². The van der Waals surface area contributed by atoms with E-state index in [0.29, 0.717) is 25.7 Å². The van der Waals surface area contributed by atoms with Gasteiger partial charge in [0.25, 0.3) is 0 Å². The molecule has 0 unspecified atom stereocenters. The van der Waals surface area contributed by atoms with E-state index in [1.807, 2.05) is 31.0 Å². The summed E-state index contributed by atoms with van der Waals surface area (Å²) in [6.45, 7) is 8.83. The summed E-state index contributed by atoms with van der Waals surface area (Å²) in [5.74, 6) is 0.251. The number of nitrogens with zero attached hydrogens (tertiary/aromatic N) is 5. The van der Waals surface area contributed by atoms with Crippen LogP contribution in [0, 0.1) is 6.92 Å². The Bertz CT molecular complexity index is 919. The first kappa shape index (κ1) is 22.9. The molecule has 7 nitrogen and oxygen atoms in total. The zero-order valence-corrected chi connectivity index (χ0v) is 20.0. The predicted octanol–water partition coefficient (Wildman–Crippen LogP) is 3.73. The Labute approximate surface area is 191 Å². The van der Waals surface area contributed by atoms with Crippen LogP contribution in [-0.4, -0.2) is 68.8 Å². The number of hydrogen-bond acceptors (Lipinski definition) is 5. The van der Waals surface area contributed by atoms with Gasteiger partial charge in [-0.15, -0.1) is 0 Å². The first-order valence-electron chi connectivity index (χ1n) is 12.0. The third-order valence-corrected chi connectivity index (χ3v) is 6.66. The van der Waals surface area contributed by atoms with Crippen LogP contribution in [-0.2, 0) is 16.6 Å². The highest BCUT2D eigenvalue weighted by molar-refractivity contribution is 5.79. The molecule has 174 valence electrons. The largest absolute Gasteiger partial charge is 0.369 e. The Morgan fingerprint density at radius 1 is 1.22 bits per heavy atom. The van der Waals surface area contributed by atoms with Crippen LogP contribution < -0.4 is 0 Å². The van der Waals surface area contributed by atoms with Gasteiger partial charge in [-0.25, -0.2) is 0 Å². The minimum absolute atomic E-state index is 0.131. The number of hydrogen-bond donors (Lipinski definition) is 0. The van der Waals surface area contributed by atoms with Crippen molar-refractivity contribution in [3.05, 3.63) is 35.9 Å². The molecule has 1 aliphatic heterocycles. The number of morpholine rings is 1. The van der Waals surface area contributed by atoms with E-state index in [1.165, 1.54) is 19.3 Å². The smallest absolute Gasteiger partial charge is 0.237 e. The average Bonchev–Trinajstić information content (AvgIpc) is 3.20. The van der Waals surface area contributed by atoms with Gasteiger partial charge in [-0.2, -0.15) is 5.10 Å². The number of aryl methyl sites for hydroxylation is 2. The van der Waals surface area contributed by atoms with Crippen molar-refractivity contribution < 1.29 is 9.53 Å². The van der Waals surface area contributed by atoms with Crippen molar-refractivity contribution in [1.29, 1.82) is 0 Å². The van der Waals surface area contributed by atoms with E-state index in [0.717, 1.165) is 41.9 Å². The lowest BCUT2D eigenvalue weighted by Crippen LogP contribution is -2.51. The van der Waals surface area contributed by atoms with Crippen LogP contribution in [0.2, 0.25) is 0 Å². The molecule has 1 amide bonds. The standard InChI is InChI=1S/C25H37N5O2/c1-18(2)30(22-8-6-5-7-9-22)25(31)17-29-10-11-32-24(16-29)23-13-20(12-19(3)27-23)21-14-26-28(4)15-21/h12-15,18,22,24H,5-11,16-17H2,1-4H3/t24-/m1/s1. The second-order valence-electron chi connectivity index (χ2n) is 9.61. The number of carbonyl (C=O) groups excluding carboxylic acids is 1. The van der Waals surface area contributed by atoms with Gasteiger partial charge in [0.1, 0.15) is 6.10 Å². The number of aromatic nitrogens is 3. The minimum Gasteiger partial charge on any atom is -0.369 e. The predicted molar refractivity (Wildman–Crippen MR) is 125 cm³/mol. The molecular weight excluding hydrogens is 402 g/mol. The lowest BCUT2D eigenvalue weighted by Gasteiger charge is -2.39. The molecule has 32 heavy (non-hydrogen) atoms. The van der Waals surface area contributed by atoms with Gasteiger partial charge in [-0.05, 0) is 51.3 Å². The minimum atomic E-state index is -0.131. The van der Waals surface area contributed by atoms with E-state index in [1.54, 1.807) is 0 Å². The van der Waals surface area contributed by atoms with Crippen LogP contribution in [0.5, 0.6) is 0 Å². The molecule has 2 aromatic rings. The summed E-state index contributed by atoms with van der Waals surface area (Å²) in [5, 5.41) is 4.29. The lowest BCUT2D eigenvalue weighted by molar-refractivity contribution is -0.139. The maximum Gasteiger partial charge on any atom is 0.237 e. The maximum absolute atomic E-state index is 13.3. The lowest BCUT2D eigenvalue weighted by atomic mass is 9.93. The highest BCUT2D eigenvalue weighted by Gasteiger charge is 2.31. The summed E-state index contributed by atoms with van der Waals surface area (Å²) in [4.78, 5) is 22.5. The van der Waals surface area contributed by atoms with E-state index in [9.17, 15) is 4.79 Å². The Balaban J connectivity index is 1.45. The van der Waals surface area contributed by atoms with E-state index in [-0.39, 0.29) is 18.1 Å². The van der Waals surface area contributed by atoms with E-state index in [2.05, 4.69) is 40.9 Å². The molecule has 0 spiro atoms. The van der Waals surface area contributed by atoms with Crippen molar-refractivity contribution in [2.45, 2.75) is 71.1 Å². The number of amides is 1. The van der Waals surface area contributed by atoms with Gasteiger partial charge >= 0.3 is 0 Å². The molecule has 3 heterocycles. The first-order valence-corrected chi connectivity index (χ1v) is 12.0. The molecular formula is C25H37N5O2. The molecule has 2 aliphatic rings. The van der Waals surface area contributed by atoms with Crippen molar-refractivity contribution in [2.75, 3.05) is 26.2 Å². The molecule has 1 saturated heterocycles. The first-order chi connectivity index (χ1) is 15.4. The van der Waals surface area contributed by atoms with Crippen LogP contribution in [0.3, 0.4) is 0 Å². The van der Waals surface area contributed by atoms with Crippen molar-refractivity contribution in [3.8, 4) is 11.1 Å². The normalized spacial score (nSPS) is 20.6. The van der Waals surface area contributed by atoms with Crippen molar-refractivity contribution in [1.82, 2.24) is 24.6 Å². The van der Waals surface area contributed by atoms with Gasteiger partial charge < -0.3 is 9.64 Å². The van der Waals surface area contributed by atoms with Gasteiger partial charge in [0.05, 0.1) is 25.0 Å². The van der Waals surface area contributed by atoms with E-state index in [4.69, 9.17) is 9.72 Å². The van der Waals surface area contributed by atoms with Crippen LogP contribution in [0.4, 0.5) is 0 Å². The summed E-state index contributed by atoms with van der Waals surface area (Å²) in [7, 11) is 1.92. The molecule has 0 N–H and O–H groups in total. The Morgan fingerprint density at radius 3 is 2.69 bits per heavy atom. The summed E-state index contributed by atoms with van der Waals surface area (Å²) in [5.41, 5.74) is 4.05. The second-order valence-corrected chi connectivity index (χ2v) is 9.61. The van der Waals surface area contributed by atoms with Gasteiger partial charge in [-0.3, -0.25) is 19.4 Å². The Hall–Kier alpha value is -2.25. The molecule has 1 aliphatic carbocycles. The molecule has 0 radical (unpaired) electrons. The molecule has 2 aromatic heterocycles. The number of ether oxygens (including phenoxy) is 1. The third kappa shape index (κ3) is 5.38. The topological polar surface area (TPSA) is 63.5 Å². The highest BCUT2D eigenvalue weighted by atomic mass is 16.5. The second kappa shape index (κ2) is 10.1. The summed E-state index contributed by atoms with van der Waals surface area (Å²) < 4.78 is 7.91. The number of carbonyl (C=O) groups is 1. The molecule has 7 heteroatoms. The monoisotopic (exact) mass is 439 g/mol. The summed E-state index contributed by atoms with van der Waals surface area (Å²) in [6.07, 6.45) is 9.80. The zero-order valence-electron chi connectivity index (χ0n) is 20.0. The Morgan fingerprint density at radius 2 is 2.00 bits per heavy atom. The van der Waals surface area contributed by atoms with E-state index < -0.39 is 0 Å². The van der Waals surface area contributed by atoms with Crippen molar-refractivity contribution in [2.24, 2.45) is 7.05 Å². The Kier molecular flexibility index (Phi) is 7.26. The van der Waals surface area contributed by atoms with Crippen LogP contribution in [0.25, 0.3) is 11.1 Å². The van der Waals surface area contributed by atoms with Gasteiger partial charge in [0.15, 0.2) is 0 Å². The third-order valence-electron chi connectivity index (χ3n) is 6.66. The van der Waals surface area contributed by atoms with Gasteiger partial charge in [0, 0.05) is 49.7 Å². The SMILES string of the molecule is Cc1cc(-c2cnn(C)c2)cc([C@H]2CN(CC(=O)N(C(C)C)C3CCCCC3)CCO2)n1. The van der Waals surface area contributed by atoms with Crippen molar-refractivity contribution in [3.63, 3.8) is 0 Å². The molecule has 2 fully saturated rings. The number of pyridine rings is 1. The molecule has 0 bridgehead atoms.